The maximum Gasteiger partial charge on any atom is 0.178 e. The van der Waals surface area contributed by atoms with Gasteiger partial charge in [-0.2, -0.15) is 0 Å². The summed E-state index contributed by atoms with van der Waals surface area (Å²) in [6, 6.07) is 5.92. The largest absolute Gasteiger partial charge is 0.494 e. The highest BCUT2D eigenvalue weighted by molar-refractivity contribution is 7.71. The first kappa shape index (κ1) is 12.4. The zero-order valence-electron chi connectivity index (χ0n) is 10.6. The Labute approximate surface area is 119 Å². The zero-order chi connectivity index (χ0) is 13.4. The van der Waals surface area contributed by atoms with Crippen LogP contribution in [0.4, 0.5) is 0 Å². The van der Waals surface area contributed by atoms with E-state index in [-0.39, 0.29) is 0 Å². The first-order valence-corrected chi connectivity index (χ1v) is 7.14. The third-order valence-corrected chi connectivity index (χ3v) is 4.23. The number of methoxy groups -OCH3 is 1. The van der Waals surface area contributed by atoms with Gasteiger partial charge < -0.3 is 14.3 Å². The van der Waals surface area contributed by atoms with Gasteiger partial charge in [0.25, 0.3) is 0 Å². The van der Waals surface area contributed by atoms with Crippen LogP contribution in [0.5, 0.6) is 5.75 Å². The van der Waals surface area contributed by atoms with Gasteiger partial charge in [0, 0.05) is 11.1 Å². The van der Waals surface area contributed by atoms with E-state index in [9.17, 15) is 0 Å². The van der Waals surface area contributed by atoms with Crippen LogP contribution in [-0.2, 0) is 6.54 Å². The molecule has 0 bridgehead atoms. The Balaban J connectivity index is 2.13. The summed E-state index contributed by atoms with van der Waals surface area (Å²) >= 11 is 7.05. The number of nitrogens with zero attached hydrogens (tertiary/aromatic N) is 2. The van der Waals surface area contributed by atoms with Gasteiger partial charge in [0.15, 0.2) is 4.77 Å². The van der Waals surface area contributed by atoms with Crippen LogP contribution in [0.3, 0.4) is 0 Å². The average molecular weight is 291 g/mol. The average Bonchev–Trinajstić information content (AvgIpc) is 2.94. The normalized spacial score (nSPS) is 11.1. The van der Waals surface area contributed by atoms with E-state index in [2.05, 4.69) is 9.97 Å². The number of ether oxygens (including phenoxy) is 1. The van der Waals surface area contributed by atoms with Gasteiger partial charge in [-0.25, -0.2) is 4.98 Å². The van der Waals surface area contributed by atoms with E-state index < -0.39 is 0 Å². The third kappa shape index (κ3) is 2.17. The number of thiazole rings is 1. The van der Waals surface area contributed by atoms with Gasteiger partial charge in [0.1, 0.15) is 16.3 Å². The lowest BCUT2D eigenvalue weighted by Crippen LogP contribution is -1.99. The Morgan fingerprint density at radius 2 is 2.32 bits per heavy atom. The molecule has 3 aromatic rings. The van der Waals surface area contributed by atoms with Crippen LogP contribution in [0, 0.1) is 11.7 Å². The van der Waals surface area contributed by atoms with Crippen LogP contribution in [0.1, 0.15) is 10.7 Å². The molecule has 2 heterocycles. The predicted molar refractivity (Wildman–Crippen MR) is 79.6 cm³/mol. The number of aromatic nitrogens is 3. The molecule has 1 aromatic carbocycles. The molecule has 0 spiro atoms. The lowest BCUT2D eigenvalue weighted by molar-refractivity contribution is 0.419. The highest BCUT2D eigenvalue weighted by Crippen LogP contribution is 2.25. The van der Waals surface area contributed by atoms with Crippen LogP contribution in [0.2, 0.25) is 0 Å². The second kappa shape index (κ2) is 4.79. The molecule has 0 amide bonds. The molecule has 0 fully saturated rings. The van der Waals surface area contributed by atoms with Gasteiger partial charge in [0.2, 0.25) is 0 Å². The Morgan fingerprint density at radius 3 is 3.00 bits per heavy atom. The molecule has 0 saturated carbocycles. The number of para-hydroxylation sites is 1. The molecular formula is C13H13N3OS2. The summed E-state index contributed by atoms with van der Waals surface area (Å²) in [7, 11) is 1.66. The molecule has 98 valence electrons. The summed E-state index contributed by atoms with van der Waals surface area (Å²) in [6.07, 6.45) is 0. The van der Waals surface area contributed by atoms with Crippen molar-refractivity contribution in [2.24, 2.45) is 0 Å². The van der Waals surface area contributed by atoms with Gasteiger partial charge in [-0.05, 0) is 31.3 Å². The molecule has 1 N–H and O–H groups in total. The van der Waals surface area contributed by atoms with Gasteiger partial charge in [0.05, 0.1) is 19.2 Å². The van der Waals surface area contributed by atoms with Gasteiger partial charge in [-0.15, -0.1) is 11.3 Å². The highest BCUT2D eigenvalue weighted by atomic mass is 32.1. The maximum atomic E-state index is 5.40. The number of hydrogen-bond donors (Lipinski definition) is 1. The standard InChI is InChI=1S/C13H13N3OS2/c1-8-7-19-11(14-8)6-16-9-4-3-5-10(17-2)12(9)15-13(16)18/h3-5,7H,6H2,1-2H3,(H,15,18). The summed E-state index contributed by atoms with van der Waals surface area (Å²) < 4.78 is 8.08. The number of aryl methyl sites for hydroxylation is 1. The van der Waals surface area contributed by atoms with Crippen molar-refractivity contribution in [3.63, 3.8) is 0 Å². The van der Waals surface area contributed by atoms with Crippen molar-refractivity contribution < 1.29 is 4.74 Å². The second-order valence-corrected chi connectivity index (χ2v) is 5.58. The minimum absolute atomic E-state index is 0.685. The molecular weight excluding hydrogens is 278 g/mol. The lowest BCUT2D eigenvalue weighted by Gasteiger charge is -2.03. The summed E-state index contributed by atoms with van der Waals surface area (Å²) in [5.74, 6) is 0.803. The van der Waals surface area contributed by atoms with Crippen molar-refractivity contribution in [3.05, 3.63) is 39.1 Å². The number of nitrogens with one attached hydrogen (secondary N) is 1. The lowest BCUT2D eigenvalue weighted by atomic mass is 10.3. The van der Waals surface area contributed by atoms with Crippen LogP contribution >= 0.6 is 23.6 Å². The topological polar surface area (TPSA) is 42.8 Å². The fraction of sp³-hybridized carbons (Fsp3) is 0.231. The van der Waals surface area contributed by atoms with Gasteiger partial charge in [-0.1, -0.05) is 6.07 Å². The second-order valence-electron chi connectivity index (χ2n) is 4.25. The minimum Gasteiger partial charge on any atom is -0.494 e. The summed E-state index contributed by atoms with van der Waals surface area (Å²) in [5.41, 5.74) is 3.02. The molecule has 0 aliphatic carbocycles. The molecule has 0 aliphatic heterocycles. The fourth-order valence-electron chi connectivity index (χ4n) is 2.09. The number of aromatic amines is 1. The molecule has 19 heavy (non-hydrogen) atoms. The Bertz CT molecular complexity index is 785. The van der Waals surface area contributed by atoms with Crippen molar-refractivity contribution in [2.75, 3.05) is 7.11 Å². The number of rotatable bonds is 3. The van der Waals surface area contributed by atoms with Crippen LogP contribution < -0.4 is 4.74 Å². The zero-order valence-corrected chi connectivity index (χ0v) is 12.3. The Kier molecular flexibility index (Phi) is 3.12. The summed E-state index contributed by atoms with van der Waals surface area (Å²) in [4.78, 5) is 7.69. The quantitative estimate of drug-likeness (QED) is 0.751. The van der Waals surface area contributed by atoms with E-state index in [1.807, 2.05) is 35.1 Å². The van der Waals surface area contributed by atoms with E-state index in [0.717, 1.165) is 27.5 Å². The molecule has 2 aromatic heterocycles. The Hall–Kier alpha value is -1.66. The van der Waals surface area contributed by atoms with Crippen molar-refractivity contribution in [3.8, 4) is 5.75 Å². The van der Waals surface area contributed by atoms with Crippen LogP contribution in [0.15, 0.2) is 23.6 Å². The minimum atomic E-state index is 0.685. The van der Waals surface area contributed by atoms with Crippen LogP contribution in [-0.4, -0.2) is 21.6 Å². The Morgan fingerprint density at radius 1 is 1.47 bits per heavy atom. The van der Waals surface area contributed by atoms with Crippen molar-refractivity contribution in [1.29, 1.82) is 0 Å². The molecule has 0 radical (unpaired) electrons. The molecule has 0 aliphatic rings. The fourth-order valence-corrected chi connectivity index (χ4v) is 3.12. The first-order chi connectivity index (χ1) is 9.19. The van der Waals surface area contributed by atoms with Gasteiger partial charge in [-0.3, -0.25) is 0 Å². The molecule has 3 rings (SSSR count). The van der Waals surface area contributed by atoms with E-state index in [4.69, 9.17) is 17.0 Å². The molecule has 0 atom stereocenters. The molecule has 4 nitrogen and oxygen atoms in total. The predicted octanol–water partition coefficient (Wildman–Crippen LogP) is 3.52. The summed E-state index contributed by atoms with van der Waals surface area (Å²) in [6.45, 7) is 2.68. The van der Waals surface area contributed by atoms with Crippen molar-refractivity contribution in [1.82, 2.24) is 14.5 Å². The monoisotopic (exact) mass is 291 g/mol. The first-order valence-electron chi connectivity index (χ1n) is 5.85. The number of hydrogen-bond acceptors (Lipinski definition) is 4. The maximum absolute atomic E-state index is 5.40. The highest BCUT2D eigenvalue weighted by Gasteiger charge is 2.10. The van der Waals surface area contributed by atoms with Gasteiger partial charge >= 0.3 is 0 Å². The molecule has 6 heteroatoms. The van der Waals surface area contributed by atoms with E-state index in [1.165, 1.54) is 0 Å². The molecule has 0 unspecified atom stereocenters. The van der Waals surface area contributed by atoms with E-state index in [1.54, 1.807) is 18.4 Å². The number of H-pyrrole nitrogens is 1. The van der Waals surface area contributed by atoms with Crippen molar-refractivity contribution in [2.45, 2.75) is 13.5 Å². The number of benzene rings is 1. The number of imidazole rings is 1. The van der Waals surface area contributed by atoms with Crippen molar-refractivity contribution >= 4 is 34.6 Å². The molecule has 0 saturated heterocycles. The number of fused-ring (bicyclic) bond motifs is 1. The summed E-state index contributed by atoms with van der Waals surface area (Å²) in [5, 5.41) is 3.10. The van der Waals surface area contributed by atoms with E-state index >= 15 is 0 Å². The van der Waals surface area contributed by atoms with Crippen LogP contribution in [0.25, 0.3) is 11.0 Å². The SMILES string of the molecule is COc1cccc2c1[nH]c(=S)n2Cc1nc(C)cs1. The third-order valence-electron chi connectivity index (χ3n) is 2.95. The smallest absolute Gasteiger partial charge is 0.178 e. The van der Waals surface area contributed by atoms with E-state index in [0.29, 0.717) is 11.3 Å².